The maximum Gasteiger partial charge on any atom is 0.119 e. The van der Waals surface area contributed by atoms with Gasteiger partial charge in [-0.2, -0.15) is 0 Å². The van der Waals surface area contributed by atoms with Gasteiger partial charge in [-0.05, 0) is 42.0 Å². The van der Waals surface area contributed by atoms with E-state index < -0.39 is 0 Å². The molecule has 0 fully saturated rings. The van der Waals surface area contributed by atoms with Gasteiger partial charge in [-0.3, -0.25) is 0 Å². The van der Waals surface area contributed by atoms with E-state index in [0.29, 0.717) is 0 Å². The van der Waals surface area contributed by atoms with Crippen LogP contribution in [0.25, 0.3) is 10.8 Å². The molecule has 0 saturated carbocycles. The third-order valence-electron chi connectivity index (χ3n) is 3.03. The Hall–Kier alpha value is -1.74. The van der Waals surface area contributed by atoms with Gasteiger partial charge in [0.15, 0.2) is 0 Å². The predicted molar refractivity (Wildman–Crippen MR) is 77.4 cm³/mol. The van der Waals surface area contributed by atoms with Gasteiger partial charge >= 0.3 is 0 Å². The Morgan fingerprint density at radius 1 is 1.17 bits per heavy atom. The molecule has 3 nitrogen and oxygen atoms in total. The number of hydrogen-bond acceptors (Lipinski definition) is 3. The molecular weight excluding hydrogens is 224 g/mol. The summed E-state index contributed by atoms with van der Waals surface area (Å²) in [7, 11) is 3.75. The van der Waals surface area contributed by atoms with Crippen molar-refractivity contribution < 1.29 is 4.74 Å². The number of anilines is 1. The highest BCUT2D eigenvalue weighted by atomic mass is 16.5. The summed E-state index contributed by atoms with van der Waals surface area (Å²) in [6.07, 6.45) is 0. The first kappa shape index (κ1) is 12.7. The minimum absolute atomic E-state index is 0.168. The summed E-state index contributed by atoms with van der Waals surface area (Å²) < 4.78 is 5.23. The first-order valence-corrected chi connectivity index (χ1v) is 6.14. The minimum Gasteiger partial charge on any atom is -0.497 e. The lowest BCUT2D eigenvalue weighted by Crippen LogP contribution is -2.32. The fraction of sp³-hybridized carbons (Fsp3) is 0.333. The van der Waals surface area contributed by atoms with Gasteiger partial charge in [0, 0.05) is 25.3 Å². The van der Waals surface area contributed by atoms with Gasteiger partial charge in [0.1, 0.15) is 5.75 Å². The zero-order chi connectivity index (χ0) is 13.1. The number of methoxy groups -OCH3 is 1. The zero-order valence-electron chi connectivity index (χ0n) is 11.2. The largest absolute Gasteiger partial charge is 0.497 e. The van der Waals surface area contributed by atoms with E-state index in [9.17, 15) is 0 Å². The molecule has 0 radical (unpaired) electrons. The van der Waals surface area contributed by atoms with Crippen molar-refractivity contribution in [2.24, 2.45) is 5.73 Å². The number of fused-ring (bicyclic) bond motifs is 1. The molecule has 0 heterocycles. The molecule has 0 aliphatic heterocycles. The first-order chi connectivity index (χ1) is 8.60. The number of ether oxygens (including phenoxy) is 1. The van der Waals surface area contributed by atoms with Crippen LogP contribution in [-0.2, 0) is 0 Å². The van der Waals surface area contributed by atoms with Crippen LogP contribution in [0.15, 0.2) is 36.4 Å². The van der Waals surface area contributed by atoms with Crippen molar-refractivity contribution in [2.45, 2.75) is 13.0 Å². The maximum absolute atomic E-state index is 5.82. The Bertz CT molecular complexity index is 537. The smallest absolute Gasteiger partial charge is 0.119 e. The lowest BCUT2D eigenvalue weighted by molar-refractivity contribution is 0.415. The molecule has 0 aromatic heterocycles. The van der Waals surface area contributed by atoms with Crippen LogP contribution in [-0.4, -0.2) is 26.7 Å². The van der Waals surface area contributed by atoms with Gasteiger partial charge in [-0.1, -0.05) is 12.1 Å². The summed E-state index contributed by atoms with van der Waals surface area (Å²) >= 11 is 0. The van der Waals surface area contributed by atoms with Crippen LogP contribution >= 0.6 is 0 Å². The molecule has 18 heavy (non-hydrogen) atoms. The quantitative estimate of drug-likeness (QED) is 0.898. The number of likely N-dealkylation sites (N-methyl/N-ethyl adjacent to an activating group) is 1. The topological polar surface area (TPSA) is 38.5 Å². The molecule has 1 unspecified atom stereocenters. The molecular formula is C15H20N2O. The summed E-state index contributed by atoms with van der Waals surface area (Å²) in [5.41, 5.74) is 7.01. The standard InChI is InChI=1S/C15H20N2O/c1-11(16)10-17(2)14-6-4-13-9-15(18-3)7-5-12(13)8-14/h4-9,11H,10,16H2,1-3H3. The van der Waals surface area contributed by atoms with Crippen molar-refractivity contribution in [3.05, 3.63) is 36.4 Å². The third-order valence-corrected chi connectivity index (χ3v) is 3.03. The van der Waals surface area contributed by atoms with E-state index >= 15 is 0 Å². The highest BCUT2D eigenvalue weighted by Gasteiger charge is 2.05. The molecule has 1 atom stereocenters. The van der Waals surface area contributed by atoms with E-state index in [2.05, 4.69) is 36.2 Å². The van der Waals surface area contributed by atoms with Crippen LogP contribution in [0.2, 0.25) is 0 Å². The Morgan fingerprint density at radius 3 is 2.50 bits per heavy atom. The first-order valence-electron chi connectivity index (χ1n) is 6.14. The van der Waals surface area contributed by atoms with Crippen LogP contribution in [0, 0.1) is 0 Å². The number of rotatable bonds is 4. The summed E-state index contributed by atoms with van der Waals surface area (Å²) in [6.45, 7) is 2.87. The molecule has 0 bridgehead atoms. The van der Waals surface area contributed by atoms with E-state index in [0.717, 1.165) is 12.3 Å². The Kier molecular flexibility index (Phi) is 3.72. The van der Waals surface area contributed by atoms with Crippen LogP contribution < -0.4 is 15.4 Å². The summed E-state index contributed by atoms with van der Waals surface area (Å²) in [4.78, 5) is 2.17. The van der Waals surface area contributed by atoms with Crippen molar-refractivity contribution >= 4 is 16.5 Å². The van der Waals surface area contributed by atoms with Crippen molar-refractivity contribution in [3.63, 3.8) is 0 Å². The van der Waals surface area contributed by atoms with E-state index in [1.807, 2.05) is 19.1 Å². The molecule has 2 aromatic carbocycles. The number of nitrogens with two attached hydrogens (primary N) is 1. The summed E-state index contributed by atoms with van der Waals surface area (Å²) in [5.74, 6) is 0.888. The van der Waals surface area contributed by atoms with E-state index in [1.54, 1.807) is 7.11 Å². The van der Waals surface area contributed by atoms with Crippen molar-refractivity contribution in [2.75, 3.05) is 25.6 Å². The molecule has 0 amide bonds. The lowest BCUT2D eigenvalue weighted by Gasteiger charge is -2.21. The Morgan fingerprint density at radius 2 is 1.83 bits per heavy atom. The molecule has 0 aliphatic carbocycles. The summed E-state index contributed by atoms with van der Waals surface area (Å²) in [5, 5.41) is 2.40. The van der Waals surface area contributed by atoms with E-state index in [4.69, 9.17) is 10.5 Å². The van der Waals surface area contributed by atoms with Gasteiger partial charge in [-0.15, -0.1) is 0 Å². The third kappa shape index (κ3) is 2.74. The van der Waals surface area contributed by atoms with Crippen LogP contribution in [0.1, 0.15) is 6.92 Å². The number of benzene rings is 2. The SMILES string of the molecule is COc1ccc2cc(N(C)CC(C)N)ccc2c1. The van der Waals surface area contributed by atoms with E-state index in [1.165, 1.54) is 16.5 Å². The van der Waals surface area contributed by atoms with Gasteiger partial charge in [0.2, 0.25) is 0 Å². The van der Waals surface area contributed by atoms with Gasteiger partial charge in [-0.25, -0.2) is 0 Å². The Labute approximate surface area is 108 Å². The fourth-order valence-electron chi connectivity index (χ4n) is 2.11. The Balaban J connectivity index is 2.33. The minimum atomic E-state index is 0.168. The molecule has 0 aliphatic rings. The fourth-order valence-corrected chi connectivity index (χ4v) is 2.11. The molecule has 0 spiro atoms. The van der Waals surface area contributed by atoms with Gasteiger partial charge in [0.25, 0.3) is 0 Å². The van der Waals surface area contributed by atoms with Crippen molar-refractivity contribution in [3.8, 4) is 5.75 Å². The van der Waals surface area contributed by atoms with Crippen molar-refractivity contribution in [1.82, 2.24) is 0 Å². The van der Waals surface area contributed by atoms with Crippen molar-refractivity contribution in [1.29, 1.82) is 0 Å². The lowest BCUT2D eigenvalue weighted by atomic mass is 10.1. The second kappa shape index (κ2) is 5.27. The number of hydrogen-bond donors (Lipinski definition) is 1. The number of nitrogens with zero attached hydrogens (tertiary/aromatic N) is 1. The summed E-state index contributed by atoms with van der Waals surface area (Å²) in [6, 6.07) is 12.7. The molecule has 2 N–H and O–H groups in total. The molecule has 96 valence electrons. The normalized spacial score (nSPS) is 12.4. The highest BCUT2D eigenvalue weighted by Crippen LogP contribution is 2.25. The zero-order valence-corrected chi connectivity index (χ0v) is 11.2. The van der Waals surface area contributed by atoms with Gasteiger partial charge < -0.3 is 15.4 Å². The predicted octanol–water partition coefficient (Wildman–Crippen LogP) is 2.63. The molecule has 3 heteroatoms. The van der Waals surface area contributed by atoms with Crippen LogP contribution in [0.5, 0.6) is 5.75 Å². The second-order valence-electron chi connectivity index (χ2n) is 4.76. The highest BCUT2D eigenvalue weighted by molar-refractivity contribution is 5.87. The maximum atomic E-state index is 5.82. The van der Waals surface area contributed by atoms with Crippen LogP contribution in [0.4, 0.5) is 5.69 Å². The average molecular weight is 244 g/mol. The van der Waals surface area contributed by atoms with Crippen LogP contribution in [0.3, 0.4) is 0 Å². The monoisotopic (exact) mass is 244 g/mol. The average Bonchev–Trinajstić information content (AvgIpc) is 2.36. The molecule has 0 saturated heterocycles. The second-order valence-corrected chi connectivity index (χ2v) is 4.76. The van der Waals surface area contributed by atoms with Gasteiger partial charge in [0.05, 0.1) is 7.11 Å². The van der Waals surface area contributed by atoms with E-state index in [-0.39, 0.29) is 6.04 Å². The molecule has 2 aromatic rings. The molecule has 2 rings (SSSR count).